The Kier molecular flexibility index (Phi) is 4.35. The van der Waals surface area contributed by atoms with Crippen LogP contribution >= 0.6 is 0 Å². The summed E-state index contributed by atoms with van der Waals surface area (Å²) < 4.78 is 0. The summed E-state index contributed by atoms with van der Waals surface area (Å²) in [4.78, 5) is 12.8. The molecule has 0 atom stereocenters. The molecule has 0 spiro atoms. The van der Waals surface area contributed by atoms with Gasteiger partial charge < -0.3 is 5.11 Å². The second kappa shape index (κ2) is 6.05. The summed E-state index contributed by atoms with van der Waals surface area (Å²) in [5.41, 5.74) is 1.23. The van der Waals surface area contributed by atoms with Crippen molar-refractivity contribution in [2.45, 2.75) is 39.8 Å². The van der Waals surface area contributed by atoms with E-state index in [2.05, 4.69) is 20.4 Å². The van der Waals surface area contributed by atoms with E-state index < -0.39 is 11.6 Å². The fraction of sp³-hybridized carbons (Fsp3) is 0.400. The molecule has 0 radical (unpaired) electrons. The first-order valence-corrected chi connectivity index (χ1v) is 6.91. The summed E-state index contributed by atoms with van der Waals surface area (Å²) in [6, 6.07) is 7.40. The number of aromatic nitrogens is 4. The molecule has 0 aliphatic heterocycles. The van der Waals surface area contributed by atoms with Gasteiger partial charge in [-0.2, -0.15) is 0 Å². The topological polar surface area (TPSA) is 92.1 Å². The third-order valence-corrected chi connectivity index (χ3v) is 3.17. The molecule has 7 nitrogen and oxygen atoms in total. The van der Waals surface area contributed by atoms with Crippen LogP contribution in [0.5, 0.6) is 0 Å². The molecule has 0 saturated heterocycles. The van der Waals surface area contributed by atoms with Gasteiger partial charge in [0.15, 0.2) is 5.82 Å². The van der Waals surface area contributed by atoms with Gasteiger partial charge in [0.05, 0.1) is 0 Å². The molecule has 2 aromatic rings. The monoisotopic (exact) mass is 301 g/mol. The third kappa shape index (κ3) is 3.75. The van der Waals surface area contributed by atoms with E-state index in [-0.39, 0.29) is 0 Å². The van der Waals surface area contributed by atoms with Gasteiger partial charge in [0, 0.05) is 17.6 Å². The van der Waals surface area contributed by atoms with Crippen LogP contribution in [0.4, 0.5) is 4.79 Å². The molecule has 2 rings (SSSR count). The average Bonchev–Trinajstić information content (AvgIpc) is 2.45. The number of carboxylic acid groups (broad SMARTS) is 1. The zero-order chi connectivity index (χ0) is 16.3. The van der Waals surface area contributed by atoms with Crippen LogP contribution < -0.4 is 0 Å². The van der Waals surface area contributed by atoms with Gasteiger partial charge in [0.25, 0.3) is 0 Å². The molecule has 7 heteroatoms. The zero-order valence-corrected chi connectivity index (χ0v) is 13.1. The normalized spacial score (nSPS) is 11.3. The molecule has 0 bridgehead atoms. The highest BCUT2D eigenvalue weighted by Gasteiger charge is 2.25. The van der Waals surface area contributed by atoms with Gasteiger partial charge in [0.1, 0.15) is 0 Å². The zero-order valence-electron chi connectivity index (χ0n) is 13.1. The largest absolute Gasteiger partial charge is 0.465 e. The molecule has 1 heterocycles. The average molecular weight is 301 g/mol. The quantitative estimate of drug-likeness (QED) is 0.936. The lowest BCUT2D eigenvalue weighted by Crippen LogP contribution is -2.44. The van der Waals surface area contributed by atoms with Crippen molar-refractivity contribution in [3.05, 3.63) is 35.7 Å². The molecule has 0 unspecified atom stereocenters. The van der Waals surface area contributed by atoms with E-state index in [9.17, 15) is 9.90 Å². The fourth-order valence-electron chi connectivity index (χ4n) is 1.93. The van der Waals surface area contributed by atoms with Crippen LogP contribution in [-0.2, 0) is 6.54 Å². The lowest BCUT2D eigenvalue weighted by atomic mass is 10.0. The fourth-order valence-corrected chi connectivity index (χ4v) is 1.93. The van der Waals surface area contributed by atoms with Crippen LogP contribution in [-0.4, -0.2) is 42.0 Å². The molecule has 22 heavy (non-hydrogen) atoms. The summed E-state index contributed by atoms with van der Waals surface area (Å²) in [5, 5.41) is 25.0. The Labute approximate surface area is 129 Å². The maximum absolute atomic E-state index is 11.4. The van der Waals surface area contributed by atoms with Gasteiger partial charge >= 0.3 is 6.09 Å². The maximum atomic E-state index is 11.4. The molecule has 1 N–H and O–H groups in total. The van der Waals surface area contributed by atoms with Gasteiger partial charge in [-0.3, -0.25) is 4.90 Å². The maximum Gasteiger partial charge on any atom is 0.408 e. The van der Waals surface area contributed by atoms with Gasteiger partial charge in [-0.15, -0.1) is 20.4 Å². The van der Waals surface area contributed by atoms with E-state index in [0.29, 0.717) is 18.2 Å². The number of benzene rings is 1. The van der Waals surface area contributed by atoms with Crippen LogP contribution in [0.3, 0.4) is 0 Å². The van der Waals surface area contributed by atoms with E-state index >= 15 is 0 Å². The highest BCUT2D eigenvalue weighted by atomic mass is 16.4. The molecule has 1 aromatic heterocycles. The van der Waals surface area contributed by atoms with Crippen molar-refractivity contribution >= 4 is 6.09 Å². The minimum Gasteiger partial charge on any atom is -0.465 e. The summed E-state index contributed by atoms with van der Waals surface area (Å²) in [6.45, 7) is 7.65. The van der Waals surface area contributed by atoms with Crippen LogP contribution in [0.15, 0.2) is 24.3 Å². The number of hydrogen-bond donors (Lipinski definition) is 1. The molecule has 1 aromatic carbocycles. The summed E-state index contributed by atoms with van der Waals surface area (Å²) in [7, 11) is 0. The third-order valence-electron chi connectivity index (χ3n) is 3.17. The minimum absolute atomic E-state index is 0.324. The Hall–Kier alpha value is -2.57. The number of hydrogen-bond acceptors (Lipinski definition) is 5. The molecule has 0 aliphatic carbocycles. The number of amides is 1. The van der Waals surface area contributed by atoms with Crippen LogP contribution in [0.25, 0.3) is 11.4 Å². The molecule has 0 saturated carbocycles. The van der Waals surface area contributed by atoms with Crippen molar-refractivity contribution < 1.29 is 9.90 Å². The Bertz CT molecular complexity index is 647. The number of rotatable bonds is 3. The SMILES string of the molecule is Cc1nnc(-c2ccc(CN(C(=O)O)C(C)(C)C)cc2)nn1. The van der Waals surface area contributed by atoms with Gasteiger partial charge in [0.2, 0.25) is 5.82 Å². The van der Waals surface area contributed by atoms with Crippen LogP contribution in [0.2, 0.25) is 0 Å². The van der Waals surface area contributed by atoms with Crippen LogP contribution in [0, 0.1) is 6.92 Å². The second-order valence-electron chi connectivity index (χ2n) is 6.01. The Morgan fingerprint density at radius 1 is 1.09 bits per heavy atom. The smallest absolute Gasteiger partial charge is 0.408 e. The standard InChI is InChI=1S/C15H19N5O2/c1-10-16-18-13(19-17-10)12-7-5-11(6-8-12)9-20(14(21)22)15(2,3)4/h5-8H,9H2,1-4H3,(H,21,22). The highest BCUT2D eigenvalue weighted by Crippen LogP contribution is 2.19. The van der Waals surface area contributed by atoms with E-state index in [4.69, 9.17) is 0 Å². The second-order valence-corrected chi connectivity index (χ2v) is 6.01. The first kappa shape index (κ1) is 15.8. The lowest BCUT2D eigenvalue weighted by molar-refractivity contribution is 0.0955. The Morgan fingerprint density at radius 3 is 2.09 bits per heavy atom. The minimum atomic E-state index is -0.938. The summed E-state index contributed by atoms with van der Waals surface area (Å²) in [5.74, 6) is 0.964. The van der Waals surface area contributed by atoms with E-state index in [1.54, 1.807) is 6.92 Å². The molecular formula is C15H19N5O2. The van der Waals surface area contributed by atoms with Crippen molar-refractivity contribution in [3.63, 3.8) is 0 Å². The van der Waals surface area contributed by atoms with E-state index in [1.165, 1.54) is 4.90 Å². The highest BCUT2D eigenvalue weighted by molar-refractivity contribution is 5.66. The van der Waals surface area contributed by atoms with Crippen molar-refractivity contribution in [2.75, 3.05) is 0 Å². The predicted molar refractivity (Wildman–Crippen MR) is 81.1 cm³/mol. The molecule has 116 valence electrons. The molecular weight excluding hydrogens is 282 g/mol. The van der Waals surface area contributed by atoms with Crippen LogP contribution in [0.1, 0.15) is 32.2 Å². The van der Waals surface area contributed by atoms with Crippen molar-refractivity contribution in [2.24, 2.45) is 0 Å². The van der Waals surface area contributed by atoms with E-state index in [0.717, 1.165) is 11.1 Å². The lowest BCUT2D eigenvalue weighted by Gasteiger charge is -2.33. The number of carbonyl (C=O) groups is 1. The van der Waals surface area contributed by atoms with Gasteiger partial charge in [-0.25, -0.2) is 4.79 Å². The first-order chi connectivity index (χ1) is 10.3. The van der Waals surface area contributed by atoms with Gasteiger partial charge in [-0.05, 0) is 33.3 Å². The Morgan fingerprint density at radius 2 is 1.64 bits per heavy atom. The predicted octanol–water partition coefficient (Wildman–Crippen LogP) is 2.52. The van der Waals surface area contributed by atoms with Gasteiger partial charge in [-0.1, -0.05) is 24.3 Å². The molecule has 0 aliphatic rings. The molecule has 0 fully saturated rings. The van der Waals surface area contributed by atoms with Crippen molar-refractivity contribution in [3.8, 4) is 11.4 Å². The summed E-state index contributed by atoms with van der Waals surface area (Å²) >= 11 is 0. The first-order valence-electron chi connectivity index (χ1n) is 6.91. The number of nitrogens with zero attached hydrogens (tertiary/aromatic N) is 5. The Balaban J connectivity index is 2.18. The molecule has 1 amide bonds. The number of aryl methyl sites for hydroxylation is 1. The van der Waals surface area contributed by atoms with Crippen molar-refractivity contribution in [1.82, 2.24) is 25.3 Å². The van der Waals surface area contributed by atoms with Crippen molar-refractivity contribution in [1.29, 1.82) is 0 Å². The summed E-state index contributed by atoms with van der Waals surface area (Å²) in [6.07, 6.45) is -0.938. The van der Waals surface area contributed by atoms with E-state index in [1.807, 2.05) is 45.0 Å².